The lowest BCUT2D eigenvalue weighted by Crippen LogP contribution is -2.34. The van der Waals surface area contributed by atoms with Crippen LogP contribution < -0.4 is 4.90 Å². The van der Waals surface area contributed by atoms with Crippen LogP contribution in [-0.4, -0.2) is 0 Å². The molecule has 0 bridgehead atoms. The van der Waals surface area contributed by atoms with Gasteiger partial charge in [0.2, 0.25) is 0 Å². The van der Waals surface area contributed by atoms with Gasteiger partial charge in [0.1, 0.15) is 0 Å². The number of hydrogen-bond acceptors (Lipinski definition) is 1. The maximum Gasteiger partial charge on any atom is 0.0543 e. The number of benzene rings is 3. The Balaban J connectivity index is 1.69. The second-order valence-electron chi connectivity index (χ2n) is 16.1. The van der Waals surface area contributed by atoms with Gasteiger partial charge in [0.05, 0.1) is 5.69 Å². The van der Waals surface area contributed by atoms with Crippen LogP contribution in [0.3, 0.4) is 0 Å². The van der Waals surface area contributed by atoms with Crippen molar-refractivity contribution < 1.29 is 0 Å². The van der Waals surface area contributed by atoms with Crippen LogP contribution in [0.2, 0.25) is 5.02 Å². The van der Waals surface area contributed by atoms with Gasteiger partial charge in [-0.15, -0.1) is 0 Å². The Morgan fingerprint density at radius 3 is 1.77 bits per heavy atom. The van der Waals surface area contributed by atoms with Gasteiger partial charge in [0, 0.05) is 22.0 Å². The van der Waals surface area contributed by atoms with E-state index in [0.717, 1.165) is 23.6 Å². The molecular weight excluding hydrogens is 542 g/mol. The Kier molecular flexibility index (Phi) is 7.32. The molecule has 6 rings (SSSR count). The molecule has 0 N–H and O–H groups in total. The average Bonchev–Trinajstić information content (AvgIpc) is 2.94. The van der Waals surface area contributed by atoms with Crippen LogP contribution in [-0.2, 0) is 21.7 Å². The van der Waals surface area contributed by atoms with Crippen molar-refractivity contribution in [3.8, 4) is 0 Å². The van der Waals surface area contributed by atoms with Gasteiger partial charge in [-0.3, -0.25) is 0 Å². The maximum atomic E-state index is 6.80. The molecule has 43 heavy (non-hydrogen) atoms. The molecule has 0 spiro atoms. The predicted molar refractivity (Wildman–Crippen MR) is 188 cm³/mol. The molecule has 2 heteroatoms. The number of rotatable bonds is 4. The second kappa shape index (κ2) is 10.4. The summed E-state index contributed by atoms with van der Waals surface area (Å²) in [7, 11) is 0. The van der Waals surface area contributed by atoms with Gasteiger partial charge in [-0.25, -0.2) is 0 Å². The first-order chi connectivity index (χ1) is 20.1. The van der Waals surface area contributed by atoms with Crippen molar-refractivity contribution in [2.45, 2.75) is 122 Å². The van der Waals surface area contributed by atoms with Gasteiger partial charge in [0.25, 0.3) is 0 Å². The van der Waals surface area contributed by atoms with Crippen LogP contribution in [0.1, 0.15) is 127 Å². The Hall–Kier alpha value is -2.77. The number of fused-ring (bicyclic) bond motifs is 2. The molecule has 1 nitrogen and oxygen atoms in total. The van der Waals surface area contributed by atoms with Crippen LogP contribution in [0.15, 0.2) is 66.8 Å². The summed E-state index contributed by atoms with van der Waals surface area (Å²) in [5, 5.41) is 0.775. The first-order valence-corrected chi connectivity index (χ1v) is 16.8. The van der Waals surface area contributed by atoms with E-state index in [1.54, 1.807) is 0 Å². The Bertz CT molecular complexity index is 1620. The van der Waals surface area contributed by atoms with Gasteiger partial charge >= 0.3 is 0 Å². The fourth-order valence-electron chi connectivity index (χ4n) is 7.82. The molecule has 0 fully saturated rings. The molecule has 0 amide bonds. The summed E-state index contributed by atoms with van der Waals surface area (Å²) in [5.74, 6) is 0. The zero-order chi connectivity index (χ0) is 30.9. The number of halogens is 1. The van der Waals surface area contributed by atoms with Crippen molar-refractivity contribution in [3.63, 3.8) is 0 Å². The molecular formula is C41H50ClN. The number of nitrogens with zero attached hydrogens (tertiary/aromatic N) is 1. The smallest absolute Gasteiger partial charge is 0.0543 e. The molecule has 0 atom stereocenters. The van der Waals surface area contributed by atoms with E-state index in [2.05, 4.69) is 134 Å². The Labute approximate surface area is 266 Å². The molecule has 0 saturated heterocycles. The zero-order valence-corrected chi connectivity index (χ0v) is 28.7. The molecule has 0 saturated carbocycles. The summed E-state index contributed by atoms with van der Waals surface area (Å²) in [5.41, 5.74) is 13.9. The first-order valence-electron chi connectivity index (χ1n) is 16.4. The predicted octanol–water partition coefficient (Wildman–Crippen LogP) is 12.5. The van der Waals surface area contributed by atoms with E-state index < -0.39 is 0 Å². The maximum absolute atomic E-state index is 6.80. The summed E-state index contributed by atoms with van der Waals surface area (Å²) < 4.78 is 0. The van der Waals surface area contributed by atoms with Gasteiger partial charge in [0.15, 0.2) is 0 Å². The SMILES string of the molecule is Cc1cc(Cl)cc(N(c2ccc3c(c2)C(C)(C)CCC3(C)C)c2cc3c(cc2C2=CCCC=C2)C(C)(C)CCC3(C)C)c1. The summed E-state index contributed by atoms with van der Waals surface area (Å²) in [4.78, 5) is 2.51. The van der Waals surface area contributed by atoms with Gasteiger partial charge in [-0.2, -0.15) is 0 Å². The van der Waals surface area contributed by atoms with E-state index in [4.69, 9.17) is 11.6 Å². The van der Waals surface area contributed by atoms with Crippen molar-refractivity contribution in [3.05, 3.63) is 105 Å². The Morgan fingerprint density at radius 1 is 0.605 bits per heavy atom. The lowest BCUT2D eigenvalue weighted by molar-refractivity contribution is 0.331. The van der Waals surface area contributed by atoms with Crippen molar-refractivity contribution >= 4 is 34.2 Å². The lowest BCUT2D eigenvalue weighted by atomic mass is 9.62. The minimum atomic E-state index is 0.104. The van der Waals surface area contributed by atoms with E-state index in [0.29, 0.717) is 0 Å². The number of aryl methyl sites for hydroxylation is 1. The highest BCUT2D eigenvalue weighted by Crippen LogP contribution is 2.52. The third-order valence-electron chi connectivity index (χ3n) is 10.9. The van der Waals surface area contributed by atoms with Crippen LogP contribution >= 0.6 is 11.6 Å². The number of allylic oxidation sites excluding steroid dienone is 4. The van der Waals surface area contributed by atoms with Crippen LogP contribution in [0.5, 0.6) is 0 Å². The van der Waals surface area contributed by atoms with E-state index in [-0.39, 0.29) is 21.7 Å². The Morgan fingerprint density at radius 2 is 1.19 bits per heavy atom. The second-order valence-corrected chi connectivity index (χ2v) is 16.6. The van der Waals surface area contributed by atoms with Crippen LogP contribution in [0, 0.1) is 6.92 Å². The normalized spacial score (nSPS) is 21.0. The van der Waals surface area contributed by atoms with E-state index in [9.17, 15) is 0 Å². The largest absolute Gasteiger partial charge is 0.310 e. The molecule has 3 aromatic rings. The molecule has 0 radical (unpaired) electrons. The average molecular weight is 592 g/mol. The number of anilines is 3. The first kappa shape index (κ1) is 30.3. The monoisotopic (exact) mass is 591 g/mol. The zero-order valence-electron chi connectivity index (χ0n) is 27.9. The van der Waals surface area contributed by atoms with Crippen molar-refractivity contribution in [2.24, 2.45) is 0 Å². The van der Waals surface area contributed by atoms with E-state index in [1.165, 1.54) is 76.0 Å². The summed E-state index contributed by atoms with van der Waals surface area (Å²) >= 11 is 6.80. The topological polar surface area (TPSA) is 3.24 Å². The van der Waals surface area contributed by atoms with Crippen LogP contribution in [0.4, 0.5) is 17.1 Å². The van der Waals surface area contributed by atoms with Crippen molar-refractivity contribution in [1.82, 2.24) is 0 Å². The highest BCUT2D eigenvalue weighted by atomic mass is 35.5. The minimum Gasteiger partial charge on any atom is -0.310 e. The lowest BCUT2D eigenvalue weighted by Gasteiger charge is -2.44. The third-order valence-corrected chi connectivity index (χ3v) is 11.1. The fourth-order valence-corrected chi connectivity index (χ4v) is 8.10. The third kappa shape index (κ3) is 5.41. The fraction of sp³-hybridized carbons (Fsp3) is 0.463. The van der Waals surface area contributed by atoms with E-state index in [1.807, 2.05) is 0 Å². The molecule has 3 aromatic carbocycles. The minimum absolute atomic E-state index is 0.104. The van der Waals surface area contributed by atoms with Gasteiger partial charge < -0.3 is 4.90 Å². The molecule has 3 aliphatic rings. The quantitative estimate of drug-likeness (QED) is 0.291. The number of hydrogen-bond donors (Lipinski definition) is 0. The molecule has 3 aliphatic carbocycles. The molecule has 0 unspecified atom stereocenters. The standard InChI is InChI=1S/C41H50ClN/c1-27-21-29(42)23-31(22-27)43(30-15-16-33-34(24-30)39(4,5)18-17-38(33,2)3)37-26-36-35(40(6,7)19-20-41(36,8)9)25-32(37)28-13-11-10-12-14-28/h11,13-16,21-26H,10,12,17-20H2,1-9H3. The van der Waals surface area contributed by atoms with Crippen molar-refractivity contribution in [1.29, 1.82) is 0 Å². The molecule has 0 aromatic heterocycles. The van der Waals surface area contributed by atoms with Gasteiger partial charge in [-0.05, 0) is 143 Å². The van der Waals surface area contributed by atoms with Crippen molar-refractivity contribution in [2.75, 3.05) is 4.90 Å². The molecule has 0 aliphatic heterocycles. The van der Waals surface area contributed by atoms with E-state index >= 15 is 0 Å². The van der Waals surface area contributed by atoms with Gasteiger partial charge in [-0.1, -0.05) is 91.3 Å². The molecule has 226 valence electrons. The highest BCUT2D eigenvalue weighted by molar-refractivity contribution is 6.31. The molecule has 0 heterocycles. The highest BCUT2D eigenvalue weighted by Gasteiger charge is 2.40. The summed E-state index contributed by atoms with van der Waals surface area (Å²) in [6.07, 6.45) is 14.1. The summed E-state index contributed by atoms with van der Waals surface area (Å²) in [6, 6.07) is 18.9. The van der Waals surface area contributed by atoms with Crippen LogP contribution in [0.25, 0.3) is 5.57 Å². The summed E-state index contributed by atoms with van der Waals surface area (Å²) in [6.45, 7) is 21.5.